The molecule has 0 aliphatic heterocycles. The van der Waals surface area contributed by atoms with E-state index in [-0.39, 0.29) is 11.7 Å². The molecule has 0 saturated carbocycles. The van der Waals surface area contributed by atoms with Crippen molar-refractivity contribution in [1.82, 2.24) is 5.32 Å². The van der Waals surface area contributed by atoms with Gasteiger partial charge in [-0.15, -0.1) is 0 Å². The van der Waals surface area contributed by atoms with Gasteiger partial charge in [0.25, 0.3) is 0 Å². The standard InChI is InChI=1S/C10H19NO/c1-6-9(11-8(4)5)10(12)7(2)3/h6-8,11H,1-5H3/b9-6+. The second-order valence-electron chi connectivity index (χ2n) is 3.52. The summed E-state index contributed by atoms with van der Waals surface area (Å²) >= 11 is 0. The maximum absolute atomic E-state index is 11.5. The van der Waals surface area contributed by atoms with Crippen LogP contribution in [-0.4, -0.2) is 11.8 Å². The van der Waals surface area contributed by atoms with Gasteiger partial charge in [0.15, 0.2) is 5.78 Å². The zero-order valence-corrected chi connectivity index (χ0v) is 8.64. The van der Waals surface area contributed by atoms with Gasteiger partial charge < -0.3 is 5.32 Å². The summed E-state index contributed by atoms with van der Waals surface area (Å²) in [5.41, 5.74) is 0.736. The lowest BCUT2D eigenvalue weighted by molar-refractivity contribution is -0.118. The van der Waals surface area contributed by atoms with Gasteiger partial charge in [-0.1, -0.05) is 19.9 Å². The second-order valence-corrected chi connectivity index (χ2v) is 3.52. The summed E-state index contributed by atoms with van der Waals surface area (Å²) in [4.78, 5) is 11.5. The number of nitrogens with one attached hydrogen (secondary N) is 1. The van der Waals surface area contributed by atoms with E-state index in [0.29, 0.717) is 6.04 Å². The van der Waals surface area contributed by atoms with Gasteiger partial charge in [-0.25, -0.2) is 0 Å². The number of ketones is 1. The zero-order chi connectivity index (χ0) is 9.72. The predicted molar refractivity (Wildman–Crippen MR) is 51.9 cm³/mol. The van der Waals surface area contributed by atoms with E-state index in [0.717, 1.165) is 5.70 Å². The van der Waals surface area contributed by atoms with Crippen molar-refractivity contribution in [3.05, 3.63) is 11.8 Å². The predicted octanol–water partition coefficient (Wildman–Crippen LogP) is 2.11. The molecule has 70 valence electrons. The highest BCUT2D eigenvalue weighted by Gasteiger charge is 2.12. The zero-order valence-electron chi connectivity index (χ0n) is 8.64. The van der Waals surface area contributed by atoms with E-state index in [4.69, 9.17) is 0 Å². The third-order valence-electron chi connectivity index (χ3n) is 1.52. The van der Waals surface area contributed by atoms with Crippen molar-refractivity contribution in [2.24, 2.45) is 5.92 Å². The van der Waals surface area contributed by atoms with Crippen molar-refractivity contribution >= 4 is 5.78 Å². The van der Waals surface area contributed by atoms with Crippen LogP contribution >= 0.6 is 0 Å². The molecule has 0 unspecified atom stereocenters. The molecular formula is C10H19NO. The lowest BCUT2D eigenvalue weighted by atomic mass is 10.1. The highest BCUT2D eigenvalue weighted by Crippen LogP contribution is 2.03. The molecule has 0 rings (SSSR count). The Morgan fingerprint density at radius 3 is 2.00 bits per heavy atom. The summed E-state index contributed by atoms with van der Waals surface area (Å²) in [5.74, 6) is 0.258. The van der Waals surface area contributed by atoms with Crippen LogP contribution in [-0.2, 0) is 4.79 Å². The van der Waals surface area contributed by atoms with E-state index in [1.807, 2.05) is 40.7 Å². The van der Waals surface area contributed by atoms with E-state index in [1.165, 1.54) is 0 Å². The Kier molecular flexibility index (Phi) is 4.64. The van der Waals surface area contributed by atoms with Gasteiger partial charge in [-0.3, -0.25) is 4.79 Å². The quantitative estimate of drug-likeness (QED) is 0.653. The lowest BCUT2D eigenvalue weighted by Crippen LogP contribution is -2.29. The minimum absolute atomic E-state index is 0.0717. The van der Waals surface area contributed by atoms with Crippen molar-refractivity contribution < 1.29 is 4.79 Å². The van der Waals surface area contributed by atoms with E-state index in [9.17, 15) is 4.79 Å². The first-order valence-corrected chi connectivity index (χ1v) is 4.46. The van der Waals surface area contributed by atoms with Crippen molar-refractivity contribution in [2.45, 2.75) is 40.7 Å². The Labute approximate surface area is 75.0 Å². The Morgan fingerprint density at radius 1 is 1.25 bits per heavy atom. The van der Waals surface area contributed by atoms with Gasteiger partial charge in [0.2, 0.25) is 0 Å². The summed E-state index contributed by atoms with van der Waals surface area (Å²) < 4.78 is 0. The van der Waals surface area contributed by atoms with Gasteiger partial charge in [-0.05, 0) is 20.8 Å². The maximum Gasteiger partial charge on any atom is 0.180 e. The molecular weight excluding hydrogens is 150 g/mol. The Bertz CT molecular complexity index is 180. The number of carbonyl (C=O) groups excluding carboxylic acids is 1. The summed E-state index contributed by atoms with van der Waals surface area (Å²) in [5, 5.41) is 3.12. The van der Waals surface area contributed by atoms with Gasteiger partial charge in [0.05, 0.1) is 5.70 Å². The monoisotopic (exact) mass is 169 g/mol. The number of allylic oxidation sites excluding steroid dienone is 2. The molecule has 2 heteroatoms. The third-order valence-corrected chi connectivity index (χ3v) is 1.52. The summed E-state index contributed by atoms with van der Waals surface area (Å²) in [6.45, 7) is 9.75. The van der Waals surface area contributed by atoms with Crippen molar-refractivity contribution in [3.8, 4) is 0 Å². The van der Waals surface area contributed by atoms with Crippen molar-refractivity contribution in [3.63, 3.8) is 0 Å². The molecule has 0 fully saturated rings. The average molecular weight is 169 g/mol. The Balaban J connectivity index is 4.28. The number of hydrogen-bond acceptors (Lipinski definition) is 2. The highest BCUT2D eigenvalue weighted by atomic mass is 16.1. The fourth-order valence-electron chi connectivity index (χ4n) is 0.919. The minimum Gasteiger partial charge on any atom is -0.380 e. The molecule has 1 N–H and O–H groups in total. The van der Waals surface area contributed by atoms with Crippen LogP contribution in [0.2, 0.25) is 0 Å². The van der Waals surface area contributed by atoms with Crippen LogP contribution in [0, 0.1) is 5.92 Å². The van der Waals surface area contributed by atoms with Crippen molar-refractivity contribution in [1.29, 1.82) is 0 Å². The maximum atomic E-state index is 11.5. The molecule has 0 aromatic carbocycles. The first-order valence-electron chi connectivity index (χ1n) is 4.46. The first kappa shape index (κ1) is 11.2. The third kappa shape index (κ3) is 3.56. The number of Topliss-reactive ketones (excluding diaryl/α,β-unsaturated/α-hetero) is 1. The molecule has 0 bridgehead atoms. The second kappa shape index (κ2) is 4.96. The molecule has 0 aromatic rings. The van der Waals surface area contributed by atoms with Crippen LogP contribution in [0.15, 0.2) is 11.8 Å². The molecule has 0 heterocycles. The Morgan fingerprint density at radius 2 is 1.75 bits per heavy atom. The molecule has 0 saturated heterocycles. The van der Waals surface area contributed by atoms with Crippen LogP contribution < -0.4 is 5.32 Å². The normalized spacial score (nSPS) is 12.4. The number of rotatable bonds is 4. The van der Waals surface area contributed by atoms with Crippen LogP contribution in [0.4, 0.5) is 0 Å². The summed E-state index contributed by atoms with van der Waals surface area (Å²) in [6, 6.07) is 0.318. The van der Waals surface area contributed by atoms with E-state index >= 15 is 0 Å². The fourth-order valence-corrected chi connectivity index (χ4v) is 0.919. The Hall–Kier alpha value is -0.790. The van der Waals surface area contributed by atoms with E-state index < -0.39 is 0 Å². The molecule has 0 aliphatic carbocycles. The van der Waals surface area contributed by atoms with Gasteiger partial charge >= 0.3 is 0 Å². The topological polar surface area (TPSA) is 29.1 Å². The first-order chi connectivity index (χ1) is 5.49. The van der Waals surface area contributed by atoms with Crippen molar-refractivity contribution in [2.75, 3.05) is 0 Å². The molecule has 0 spiro atoms. The molecule has 0 radical (unpaired) electrons. The van der Waals surface area contributed by atoms with Crippen LogP contribution in [0.1, 0.15) is 34.6 Å². The van der Waals surface area contributed by atoms with E-state index in [1.54, 1.807) is 0 Å². The summed E-state index contributed by atoms with van der Waals surface area (Å²) in [7, 11) is 0. The molecule has 0 amide bonds. The van der Waals surface area contributed by atoms with Crippen LogP contribution in [0.5, 0.6) is 0 Å². The molecule has 0 atom stereocenters. The van der Waals surface area contributed by atoms with Crippen LogP contribution in [0.3, 0.4) is 0 Å². The smallest absolute Gasteiger partial charge is 0.180 e. The van der Waals surface area contributed by atoms with Crippen LogP contribution in [0.25, 0.3) is 0 Å². The molecule has 2 nitrogen and oxygen atoms in total. The number of hydrogen-bond donors (Lipinski definition) is 1. The SMILES string of the molecule is C/C=C(/NC(C)C)C(=O)C(C)C. The molecule has 0 aromatic heterocycles. The van der Waals surface area contributed by atoms with E-state index in [2.05, 4.69) is 5.32 Å². The number of carbonyl (C=O) groups is 1. The highest BCUT2D eigenvalue weighted by molar-refractivity contribution is 5.96. The largest absolute Gasteiger partial charge is 0.380 e. The van der Waals surface area contributed by atoms with Gasteiger partial charge in [0.1, 0.15) is 0 Å². The molecule has 12 heavy (non-hydrogen) atoms. The fraction of sp³-hybridized carbons (Fsp3) is 0.700. The van der Waals surface area contributed by atoms with Gasteiger partial charge in [-0.2, -0.15) is 0 Å². The lowest BCUT2D eigenvalue weighted by Gasteiger charge is -2.14. The summed E-state index contributed by atoms with van der Waals surface area (Å²) in [6.07, 6.45) is 1.84. The minimum atomic E-state index is 0.0717. The molecule has 0 aliphatic rings. The van der Waals surface area contributed by atoms with Gasteiger partial charge in [0, 0.05) is 12.0 Å². The average Bonchev–Trinajstić information content (AvgIpc) is 1.98.